The van der Waals surface area contributed by atoms with Crippen LogP contribution in [-0.4, -0.2) is 23.7 Å². The van der Waals surface area contributed by atoms with Crippen molar-refractivity contribution in [2.75, 3.05) is 11.9 Å². The van der Waals surface area contributed by atoms with Crippen LogP contribution in [0.5, 0.6) is 5.75 Å². The average Bonchev–Trinajstić information content (AvgIpc) is 3.07. The van der Waals surface area contributed by atoms with E-state index >= 15 is 0 Å². The lowest BCUT2D eigenvalue weighted by Gasteiger charge is -2.12. The number of anilines is 1. The Morgan fingerprint density at radius 1 is 1.21 bits per heavy atom. The first-order valence-electron chi connectivity index (χ1n) is 8.44. The molecule has 0 radical (unpaired) electrons. The van der Waals surface area contributed by atoms with E-state index in [-0.39, 0.29) is 23.6 Å². The summed E-state index contributed by atoms with van der Waals surface area (Å²) in [5, 5.41) is 12.8. The number of aromatic amines is 1. The van der Waals surface area contributed by atoms with E-state index in [1.54, 1.807) is 6.07 Å². The van der Waals surface area contributed by atoms with E-state index in [2.05, 4.69) is 15.0 Å². The first-order valence-corrected chi connectivity index (χ1v) is 8.44. The van der Waals surface area contributed by atoms with Gasteiger partial charge in [-0.25, -0.2) is 0 Å². The van der Waals surface area contributed by atoms with Crippen LogP contribution >= 0.6 is 0 Å². The number of nitriles is 1. The fourth-order valence-corrected chi connectivity index (χ4v) is 2.79. The van der Waals surface area contributed by atoms with Crippen LogP contribution in [0.2, 0.25) is 0 Å². The summed E-state index contributed by atoms with van der Waals surface area (Å²) in [5.74, 6) is -0.449. The predicted octanol–water partition coefficient (Wildman–Crippen LogP) is 4.55. The molecule has 5 nitrogen and oxygen atoms in total. The molecular formula is C20H16F3N3O2. The Morgan fingerprint density at radius 2 is 2.00 bits per heavy atom. The number of aromatic nitrogens is 1. The molecule has 2 aromatic carbocycles. The molecule has 144 valence electrons. The fraction of sp³-hybridized carbons (Fsp3) is 0.200. The third kappa shape index (κ3) is 4.82. The molecule has 0 saturated heterocycles. The highest BCUT2D eigenvalue weighted by atomic mass is 19.4. The number of alkyl halides is 3. The Morgan fingerprint density at radius 3 is 2.75 bits per heavy atom. The molecule has 0 aliphatic rings. The zero-order chi connectivity index (χ0) is 20.1. The van der Waals surface area contributed by atoms with Crippen molar-refractivity contribution in [1.29, 1.82) is 5.26 Å². The highest BCUT2D eigenvalue weighted by Gasteiger charge is 2.28. The number of carbonyl (C=O) groups excluding carboxylic acids is 1. The van der Waals surface area contributed by atoms with E-state index in [9.17, 15) is 18.0 Å². The standard InChI is InChI=1S/C20H16F3N3O2/c21-20(22,23)12-28-18-7-6-15(9-14(18)10-24)26-19(27)8-5-13-11-25-17-4-2-1-3-16(13)17/h1-4,6-7,9,11,25H,5,8,12H2,(H,26,27). The summed E-state index contributed by atoms with van der Waals surface area (Å²) in [6, 6.07) is 13.5. The van der Waals surface area contributed by atoms with Crippen LogP contribution in [0, 0.1) is 11.3 Å². The molecule has 2 N–H and O–H groups in total. The molecule has 0 fully saturated rings. The van der Waals surface area contributed by atoms with Gasteiger partial charge in [-0.3, -0.25) is 4.79 Å². The number of nitrogens with one attached hydrogen (secondary N) is 2. The highest BCUT2D eigenvalue weighted by Crippen LogP contribution is 2.25. The lowest BCUT2D eigenvalue weighted by Crippen LogP contribution is -2.19. The molecule has 28 heavy (non-hydrogen) atoms. The van der Waals surface area contributed by atoms with E-state index in [4.69, 9.17) is 5.26 Å². The van der Waals surface area contributed by atoms with Crippen molar-refractivity contribution < 1.29 is 22.7 Å². The van der Waals surface area contributed by atoms with Crippen molar-refractivity contribution in [2.45, 2.75) is 19.0 Å². The second-order valence-electron chi connectivity index (χ2n) is 6.13. The number of para-hydroxylation sites is 1. The monoisotopic (exact) mass is 387 g/mol. The summed E-state index contributed by atoms with van der Waals surface area (Å²) in [5.41, 5.74) is 2.24. The van der Waals surface area contributed by atoms with Crippen LogP contribution in [0.25, 0.3) is 10.9 Å². The van der Waals surface area contributed by atoms with Crippen LogP contribution in [0.1, 0.15) is 17.5 Å². The van der Waals surface area contributed by atoms with Gasteiger partial charge in [0.1, 0.15) is 11.8 Å². The smallest absolute Gasteiger partial charge is 0.422 e. The van der Waals surface area contributed by atoms with Gasteiger partial charge in [-0.1, -0.05) is 18.2 Å². The quantitative estimate of drug-likeness (QED) is 0.651. The van der Waals surface area contributed by atoms with Gasteiger partial charge in [0.25, 0.3) is 0 Å². The molecule has 3 rings (SSSR count). The van der Waals surface area contributed by atoms with Gasteiger partial charge >= 0.3 is 6.18 Å². The van der Waals surface area contributed by atoms with Crippen molar-refractivity contribution in [3.05, 3.63) is 59.8 Å². The number of nitrogens with zero attached hydrogens (tertiary/aromatic N) is 1. The molecule has 0 aliphatic carbocycles. The van der Waals surface area contributed by atoms with Crippen LogP contribution < -0.4 is 10.1 Å². The van der Waals surface area contributed by atoms with Crippen LogP contribution in [0.4, 0.5) is 18.9 Å². The number of ether oxygens (including phenoxy) is 1. The van der Waals surface area contributed by atoms with Gasteiger partial charge in [0, 0.05) is 29.2 Å². The molecule has 0 spiro atoms. The topological polar surface area (TPSA) is 77.9 Å². The number of hydrogen-bond acceptors (Lipinski definition) is 3. The minimum atomic E-state index is -4.50. The van der Waals surface area contributed by atoms with E-state index < -0.39 is 12.8 Å². The summed E-state index contributed by atoms with van der Waals surface area (Å²) in [6.45, 7) is -1.49. The van der Waals surface area contributed by atoms with Gasteiger partial charge in [-0.05, 0) is 36.2 Å². The van der Waals surface area contributed by atoms with Gasteiger partial charge in [-0.2, -0.15) is 18.4 Å². The molecule has 0 bridgehead atoms. The third-order valence-electron chi connectivity index (χ3n) is 4.07. The second kappa shape index (κ2) is 8.05. The summed E-state index contributed by atoms with van der Waals surface area (Å²) >= 11 is 0. The number of halogens is 3. The summed E-state index contributed by atoms with van der Waals surface area (Å²) in [6.07, 6.45) is -1.90. The molecule has 8 heteroatoms. The number of hydrogen-bond donors (Lipinski definition) is 2. The maximum atomic E-state index is 12.3. The van der Waals surface area contributed by atoms with Gasteiger partial charge in [-0.15, -0.1) is 0 Å². The van der Waals surface area contributed by atoms with E-state index in [0.717, 1.165) is 16.5 Å². The molecule has 1 amide bonds. The van der Waals surface area contributed by atoms with Crippen LogP contribution in [0.3, 0.4) is 0 Å². The lowest BCUT2D eigenvalue weighted by atomic mass is 10.1. The number of H-pyrrole nitrogens is 1. The van der Waals surface area contributed by atoms with Gasteiger partial charge in [0.2, 0.25) is 5.91 Å². The zero-order valence-electron chi connectivity index (χ0n) is 14.6. The number of rotatable bonds is 6. The Labute approximate surface area is 158 Å². The minimum Gasteiger partial charge on any atom is -0.483 e. The van der Waals surface area contributed by atoms with Crippen molar-refractivity contribution in [3.63, 3.8) is 0 Å². The molecule has 0 aliphatic heterocycles. The highest BCUT2D eigenvalue weighted by molar-refractivity contribution is 5.92. The summed E-state index contributed by atoms with van der Waals surface area (Å²) < 4.78 is 41.4. The number of aryl methyl sites for hydroxylation is 1. The number of amides is 1. The van der Waals surface area contributed by atoms with Crippen molar-refractivity contribution in [3.8, 4) is 11.8 Å². The first-order chi connectivity index (χ1) is 13.4. The predicted molar refractivity (Wildman–Crippen MR) is 98.0 cm³/mol. The Hall–Kier alpha value is -3.47. The van der Waals surface area contributed by atoms with Gasteiger partial charge in [0.05, 0.1) is 5.56 Å². The minimum absolute atomic E-state index is 0.0846. The largest absolute Gasteiger partial charge is 0.483 e. The molecular weight excluding hydrogens is 371 g/mol. The molecule has 0 unspecified atom stereocenters. The zero-order valence-corrected chi connectivity index (χ0v) is 14.6. The number of carbonyl (C=O) groups is 1. The lowest BCUT2D eigenvalue weighted by molar-refractivity contribution is -0.153. The van der Waals surface area contributed by atoms with Crippen molar-refractivity contribution in [2.24, 2.45) is 0 Å². The molecule has 0 atom stereocenters. The summed E-state index contributed by atoms with van der Waals surface area (Å²) in [7, 11) is 0. The average molecular weight is 387 g/mol. The van der Waals surface area contributed by atoms with Crippen LogP contribution in [-0.2, 0) is 11.2 Å². The second-order valence-corrected chi connectivity index (χ2v) is 6.13. The maximum Gasteiger partial charge on any atom is 0.422 e. The molecule has 1 aromatic heterocycles. The van der Waals surface area contributed by atoms with Crippen molar-refractivity contribution >= 4 is 22.5 Å². The number of benzene rings is 2. The summed E-state index contributed by atoms with van der Waals surface area (Å²) in [4.78, 5) is 15.3. The van der Waals surface area contributed by atoms with Gasteiger partial charge < -0.3 is 15.0 Å². The van der Waals surface area contributed by atoms with Gasteiger partial charge in [0.15, 0.2) is 6.61 Å². The Balaban J connectivity index is 1.61. The van der Waals surface area contributed by atoms with E-state index in [0.29, 0.717) is 12.1 Å². The Kier molecular flexibility index (Phi) is 5.54. The van der Waals surface area contributed by atoms with E-state index in [1.807, 2.05) is 30.5 Å². The Bertz CT molecular complexity index is 1040. The first kappa shape index (κ1) is 19.3. The van der Waals surface area contributed by atoms with Crippen molar-refractivity contribution in [1.82, 2.24) is 4.98 Å². The van der Waals surface area contributed by atoms with Crippen LogP contribution in [0.15, 0.2) is 48.7 Å². The molecule has 3 aromatic rings. The maximum absolute atomic E-state index is 12.3. The SMILES string of the molecule is N#Cc1cc(NC(=O)CCc2c[nH]c3ccccc23)ccc1OCC(F)(F)F. The molecule has 1 heterocycles. The normalized spacial score (nSPS) is 11.2. The molecule has 0 saturated carbocycles. The van der Waals surface area contributed by atoms with E-state index in [1.165, 1.54) is 18.2 Å². The fourth-order valence-electron chi connectivity index (χ4n) is 2.79. The number of fused-ring (bicyclic) bond motifs is 1. The third-order valence-corrected chi connectivity index (χ3v) is 4.07.